The van der Waals surface area contributed by atoms with Gasteiger partial charge in [-0.05, 0) is 48.7 Å². The van der Waals surface area contributed by atoms with Gasteiger partial charge in [0.25, 0.3) is 5.91 Å². The Bertz CT molecular complexity index is 1700. The van der Waals surface area contributed by atoms with Crippen LogP contribution in [0.25, 0.3) is 0 Å². The van der Waals surface area contributed by atoms with Gasteiger partial charge in [-0.25, -0.2) is 0 Å². The summed E-state index contributed by atoms with van der Waals surface area (Å²) in [7, 11) is 0. The molecule has 0 bridgehead atoms. The molecule has 3 aromatic carbocycles. The van der Waals surface area contributed by atoms with E-state index in [-0.39, 0.29) is 24.3 Å². The lowest BCUT2D eigenvalue weighted by Crippen LogP contribution is -2.57. The number of aliphatic hydroxyl groups excluding tert-OH is 1. The smallest absolute Gasteiger partial charge is 0.251 e. The third kappa shape index (κ3) is 5.07. The molecule has 1 unspecified atom stereocenters. The second-order valence-corrected chi connectivity index (χ2v) is 14.9. The maximum atomic E-state index is 15.0. The van der Waals surface area contributed by atoms with Gasteiger partial charge in [0.15, 0.2) is 0 Å². The van der Waals surface area contributed by atoms with Crippen LogP contribution in [0.4, 0.5) is 5.69 Å². The first-order valence-corrected chi connectivity index (χ1v) is 16.9. The van der Waals surface area contributed by atoms with Crippen molar-refractivity contribution in [3.63, 3.8) is 0 Å². The summed E-state index contributed by atoms with van der Waals surface area (Å²) in [5.41, 5.74) is 2.63. The number of thioether (sulfide) groups is 1. The number of likely N-dealkylation sites (tertiary alicyclic amines) is 1. The van der Waals surface area contributed by atoms with Crippen molar-refractivity contribution in [3.8, 4) is 0 Å². The van der Waals surface area contributed by atoms with Crippen LogP contribution < -0.4 is 4.90 Å². The highest BCUT2D eigenvalue weighted by Crippen LogP contribution is 2.66. The highest BCUT2D eigenvalue weighted by molar-refractivity contribution is 8.02. The number of carbonyl (C=O) groups is 3. The predicted molar refractivity (Wildman–Crippen MR) is 181 cm³/mol. The van der Waals surface area contributed by atoms with Crippen molar-refractivity contribution in [3.05, 3.63) is 125 Å². The highest BCUT2D eigenvalue weighted by atomic mass is 35.5. The Morgan fingerprint density at radius 1 is 0.826 bits per heavy atom. The van der Waals surface area contributed by atoms with E-state index in [1.807, 2.05) is 90.7 Å². The molecule has 3 aromatic rings. The molecule has 3 amide bonds. The number of rotatable bonds is 7. The van der Waals surface area contributed by atoms with Gasteiger partial charge in [-0.15, -0.1) is 11.8 Å². The van der Waals surface area contributed by atoms with Gasteiger partial charge in [0.05, 0.1) is 29.2 Å². The average Bonchev–Trinajstić information content (AvgIpc) is 3.34. The van der Waals surface area contributed by atoms with E-state index in [0.717, 1.165) is 11.1 Å². The molecular formula is C37H36ClN3O4S. The van der Waals surface area contributed by atoms with Crippen LogP contribution in [0.15, 0.2) is 109 Å². The monoisotopic (exact) mass is 653 g/mol. The van der Waals surface area contributed by atoms with E-state index in [1.54, 1.807) is 45.8 Å². The summed E-state index contributed by atoms with van der Waals surface area (Å²) in [6.07, 6.45) is 8.44. The van der Waals surface area contributed by atoms with Gasteiger partial charge in [0, 0.05) is 35.1 Å². The van der Waals surface area contributed by atoms with Gasteiger partial charge in [-0.3, -0.25) is 14.4 Å². The fraction of sp³-hybridized carbons (Fsp3) is 0.324. The summed E-state index contributed by atoms with van der Waals surface area (Å²) >= 11 is 7.74. The number of carbonyl (C=O) groups excluding carboxylic acids is 3. The maximum Gasteiger partial charge on any atom is 0.251 e. The first-order chi connectivity index (χ1) is 22.3. The minimum Gasteiger partial charge on any atom is -0.394 e. The van der Waals surface area contributed by atoms with Gasteiger partial charge >= 0.3 is 0 Å². The Hall–Kier alpha value is -3.85. The van der Waals surface area contributed by atoms with Crippen molar-refractivity contribution < 1.29 is 19.5 Å². The number of nitrogens with zero attached hydrogens (tertiary/aromatic N) is 3. The number of hydrogen-bond donors (Lipinski definition) is 1. The number of anilines is 1. The molecule has 6 atom stereocenters. The molecule has 0 saturated carbocycles. The zero-order valence-corrected chi connectivity index (χ0v) is 27.1. The van der Waals surface area contributed by atoms with Crippen molar-refractivity contribution in [2.75, 3.05) is 24.6 Å². The number of fused-ring (bicyclic) bond motifs is 2. The normalized spacial score (nSPS) is 29.3. The van der Waals surface area contributed by atoms with E-state index in [0.29, 0.717) is 36.8 Å². The van der Waals surface area contributed by atoms with E-state index < -0.39 is 33.4 Å². The van der Waals surface area contributed by atoms with E-state index in [4.69, 9.17) is 11.6 Å². The predicted octanol–water partition coefficient (Wildman–Crippen LogP) is 5.13. The van der Waals surface area contributed by atoms with Gasteiger partial charge in [-0.1, -0.05) is 96.6 Å². The molecule has 4 aliphatic heterocycles. The van der Waals surface area contributed by atoms with Crippen molar-refractivity contribution in [2.45, 2.75) is 41.5 Å². The summed E-state index contributed by atoms with van der Waals surface area (Å²) < 4.78 is -1.74. The van der Waals surface area contributed by atoms with Gasteiger partial charge < -0.3 is 19.8 Å². The number of amides is 3. The molecule has 0 aromatic heterocycles. The molecule has 46 heavy (non-hydrogen) atoms. The minimum atomic E-state index is -1.02. The molecular weight excluding hydrogens is 618 g/mol. The van der Waals surface area contributed by atoms with E-state index in [9.17, 15) is 19.5 Å². The number of aliphatic hydroxyl groups is 1. The standard InChI is InChI=1S/C37H36ClN3O4S/c1-36-18-8-20-39(23-26-12-6-3-7-13-26)33(43)30(36)31-34(44)41(29(24-42)22-25-10-4-2-5-11-25)32-35(45)40(21-9-19-37(31,32)46-36)28-16-14-27(38)15-17-28/h2-19,29-32,42H,20-24H2,1H3/t29-,30-,31+,32?,36+,37+/m1/s1. The molecule has 1 N–H and O–H groups in total. The van der Waals surface area contributed by atoms with Crippen molar-refractivity contribution >= 4 is 46.8 Å². The van der Waals surface area contributed by atoms with Crippen molar-refractivity contribution in [1.29, 1.82) is 0 Å². The molecule has 2 saturated heterocycles. The van der Waals surface area contributed by atoms with E-state index in [1.165, 1.54) is 0 Å². The molecule has 2 fully saturated rings. The van der Waals surface area contributed by atoms with Gasteiger partial charge in [0.2, 0.25) is 11.8 Å². The minimum absolute atomic E-state index is 0.0945. The summed E-state index contributed by atoms with van der Waals surface area (Å²) in [5.74, 6) is -2.09. The average molecular weight is 654 g/mol. The second-order valence-electron chi connectivity index (χ2n) is 12.7. The van der Waals surface area contributed by atoms with Crippen LogP contribution in [-0.4, -0.2) is 73.9 Å². The second kappa shape index (κ2) is 12.1. The van der Waals surface area contributed by atoms with Crippen LogP contribution >= 0.6 is 23.4 Å². The molecule has 4 heterocycles. The molecule has 9 heteroatoms. The summed E-state index contributed by atoms with van der Waals surface area (Å²) in [4.78, 5) is 49.6. The maximum absolute atomic E-state index is 15.0. The molecule has 7 nitrogen and oxygen atoms in total. The number of halogens is 1. The molecule has 236 valence electrons. The molecule has 0 aliphatic carbocycles. The van der Waals surface area contributed by atoms with Crippen LogP contribution in [0.2, 0.25) is 5.02 Å². The van der Waals surface area contributed by atoms with Crippen LogP contribution in [-0.2, 0) is 27.3 Å². The molecule has 0 radical (unpaired) electrons. The molecule has 1 spiro atoms. The van der Waals surface area contributed by atoms with Crippen LogP contribution in [0.1, 0.15) is 18.1 Å². The number of benzene rings is 3. The third-order valence-corrected chi connectivity index (χ3v) is 11.9. The fourth-order valence-corrected chi connectivity index (χ4v) is 10.1. The first-order valence-electron chi connectivity index (χ1n) is 15.7. The largest absolute Gasteiger partial charge is 0.394 e. The summed E-state index contributed by atoms with van der Waals surface area (Å²) in [6.45, 7) is 2.88. The van der Waals surface area contributed by atoms with Crippen LogP contribution in [0.3, 0.4) is 0 Å². The van der Waals surface area contributed by atoms with Gasteiger partial charge in [-0.2, -0.15) is 0 Å². The lowest BCUT2D eigenvalue weighted by atomic mass is 9.74. The molecule has 7 rings (SSSR count). The lowest BCUT2D eigenvalue weighted by molar-refractivity contribution is -0.145. The Kier molecular flexibility index (Phi) is 8.07. The van der Waals surface area contributed by atoms with Crippen molar-refractivity contribution in [2.24, 2.45) is 11.8 Å². The Morgan fingerprint density at radius 3 is 2.15 bits per heavy atom. The van der Waals surface area contributed by atoms with Crippen LogP contribution in [0, 0.1) is 11.8 Å². The van der Waals surface area contributed by atoms with E-state index >= 15 is 0 Å². The summed E-state index contributed by atoms with van der Waals surface area (Å²) in [6, 6.07) is 25.1. The number of hydrogen-bond acceptors (Lipinski definition) is 5. The van der Waals surface area contributed by atoms with Crippen molar-refractivity contribution in [1.82, 2.24) is 9.80 Å². The van der Waals surface area contributed by atoms with Gasteiger partial charge in [0.1, 0.15) is 6.04 Å². The Morgan fingerprint density at radius 2 is 1.48 bits per heavy atom. The van der Waals surface area contributed by atoms with Crippen LogP contribution in [0.5, 0.6) is 0 Å². The quantitative estimate of drug-likeness (QED) is 0.358. The molecule has 4 aliphatic rings. The highest BCUT2D eigenvalue weighted by Gasteiger charge is 2.74. The fourth-order valence-electron chi connectivity index (χ4n) is 7.84. The zero-order chi connectivity index (χ0) is 32.1. The SMILES string of the molecule is C[C@]12C=CCN(Cc3ccccc3)C(=O)[C@H]1[C@H]1C(=O)N([C@@H](CO)Cc3ccccc3)C3C(=O)N(c4ccc(Cl)cc4)CC=C[C@@]31S2. The Balaban J connectivity index is 1.34. The lowest BCUT2D eigenvalue weighted by Gasteiger charge is -2.39. The third-order valence-electron chi connectivity index (χ3n) is 9.85. The van der Waals surface area contributed by atoms with E-state index in [2.05, 4.69) is 6.08 Å². The topological polar surface area (TPSA) is 81.2 Å². The summed E-state index contributed by atoms with van der Waals surface area (Å²) in [5, 5.41) is 11.4. The Labute approximate surface area is 278 Å². The first kappa shape index (κ1) is 30.8. The zero-order valence-electron chi connectivity index (χ0n) is 25.5.